The van der Waals surface area contributed by atoms with Gasteiger partial charge in [0.2, 0.25) is 11.8 Å². The van der Waals surface area contributed by atoms with Crippen molar-refractivity contribution in [1.82, 2.24) is 10.6 Å². The first-order valence-corrected chi connectivity index (χ1v) is 7.02. The molecule has 1 fully saturated rings. The minimum absolute atomic E-state index is 0.532. The van der Waals surface area contributed by atoms with Crippen LogP contribution in [0.1, 0.15) is 27.2 Å². The summed E-state index contributed by atoms with van der Waals surface area (Å²) in [7, 11) is 0. The summed E-state index contributed by atoms with van der Waals surface area (Å²) in [6.45, 7) is 3.67. The number of rotatable bonds is 5. The highest BCUT2D eigenvalue weighted by molar-refractivity contribution is 5.76. The van der Waals surface area contributed by atoms with Gasteiger partial charge < -0.3 is 35.8 Å². The summed E-state index contributed by atoms with van der Waals surface area (Å²) in [6, 6.07) is -2.29. The van der Waals surface area contributed by atoms with E-state index in [4.69, 9.17) is 9.84 Å². The minimum Gasteiger partial charge on any atom is -0.477 e. The van der Waals surface area contributed by atoms with Crippen LogP contribution in [0.15, 0.2) is 0 Å². The number of aliphatic hydroxyl groups excluding tert-OH is 2. The molecule has 0 saturated carbocycles. The summed E-state index contributed by atoms with van der Waals surface area (Å²) in [5.74, 6) is -5.50. The van der Waals surface area contributed by atoms with Crippen molar-refractivity contribution in [1.29, 1.82) is 0 Å². The number of hydrogen-bond donors (Lipinski definition) is 6. The second kappa shape index (κ2) is 7.21. The maximum Gasteiger partial charge on any atom is 0.364 e. The molecule has 2 amide bonds. The topological polar surface area (TPSA) is 165 Å². The second-order valence-corrected chi connectivity index (χ2v) is 5.64. The van der Waals surface area contributed by atoms with Crippen LogP contribution in [0.3, 0.4) is 0 Å². The van der Waals surface area contributed by atoms with Crippen LogP contribution in [0.5, 0.6) is 0 Å². The Morgan fingerprint density at radius 1 is 1.26 bits per heavy atom. The summed E-state index contributed by atoms with van der Waals surface area (Å²) in [5.41, 5.74) is 0. The quantitative estimate of drug-likeness (QED) is 0.316. The second-order valence-electron chi connectivity index (χ2n) is 5.64. The van der Waals surface area contributed by atoms with Crippen molar-refractivity contribution in [3.8, 4) is 0 Å². The molecular formula is C13H22N2O8. The first kappa shape index (κ1) is 19.3. The molecule has 0 radical (unpaired) electrons. The summed E-state index contributed by atoms with van der Waals surface area (Å²) >= 11 is 0. The molecule has 6 N–H and O–H groups in total. The molecule has 0 aromatic rings. The highest BCUT2D eigenvalue weighted by Gasteiger charge is 2.53. The van der Waals surface area contributed by atoms with Crippen LogP contribution < -0.4 is 10.6 Å². The average Bonchev–Trinajstić information content (AvgIpc) is 2.38. The molecule has 132 valence electrons. The average molecular weight is 334 g/mol. The van der Waals surface area contributed by atoms with Crippen LogP contribution in [-0.2, 0) is 19.1 Å². The van der Waals surface area contributed by atoms with Gasteiger partial charge in [-0.15, -0.1) is 0 Å². The highest BCUT2D eigenvalue weighted by Crippen LogP contribution is 2.30. The Balaban J connectivity index is 3.21. The third-order valence-corrected chi connectivity index (χ3v) is 3.53. The first-order valence-electron chi connectivity index (χ1n) is 7.02. The Kier molecular flexibility index (Phi) is 6.05. The van der Waals surface area contributed by atoms with Gasteiger partial charge in [0.05, 0.1) is 24.3 Å². The summed E-state index contributed by atoms with van der Waals surface area (Å²) < 4.78 is 5.15. The maximum atomic E-state index is 11.3. The number of nitrogens with one attached hydrogen (secondary N) is 2. The summed E-state index contributed by atoms with van der Waals surface area (Å²) in [6.07, 6.45) is -4.72. The van der Waals surface area contributed by atoms with E-state index >= 15 is 0 Å². The number of ether oxygens (including phenoxy) is 1. The number of carbonyl (C=O) groups is 3. The molecule has 23 heavy (non-hydrogen) atoms. The molecule has 0 bridgehead atoms. The van der Waals surface area contributed by atoms with Gasteiger partial charge in [0.15, 0.2) is 0 Å². The Hall–Kier alpha value is -1.75. The van der Waals surface area contributed by atoms with Gasteiger partial charge in [0.25, 0.3) is 5.79 Å². The van der Waals surface area contributed by atoms with Gasteiger partial charge in [0.1, 0.15) is 6.10 Å². The summed E-state index contributed by atoms with van der Waals surface area (Å²) in [4.78, 5) is 33.8. The lowest BCUT2D eigenvalue weighted by molar-refractivity contribution is -0.283. The van der Waals surface area contributed by atoms with Gasteiger partial charge >= 0.3 is 5.97 Å². The van der Waals surface area contributed by atoms with E-state index in [2.05, 4.69) is 10.6 Å². The fraction of sp³-hybridized carbons (Fsp3) is 0.769. The number of carbonyl (C=O) groups excluding carboxylic acids is 2. The van der Waals surface area contributed by atoms with E-state index in [0.29, 0.717) is 0 Å². The predicted molar refractivity (Wildman–Crippen MR) is 75.0 cm³/mol. The lowest BCUT2D eigenvalue weighted by Gasteiger charge is -2.45. The third kappa shape index (κ3) is 4.61. The highest BCUT2D eigenvalue weighted by atomic mass is 16.7. The Bertz CT molecular complexity index is 465. The molecule has 0 spiro atoms. The monoisotopic (exact) mass is 334 g/mol. The van der Waals surface area contributed by atoms with Gasteiger partial charge in [-0.05, 0) is 6.92 Å². The molecule has 1 aliphatic rings. The number of carboxylic acid groups (broad SMARTS) is 1. The van der Waals surface area contributed by atoms with Crippen LogP contribution in [0, 0.1) is 0 Å². The van der Waals surface area contributed by atoms with E-state index in [9.17, 15) is 29.7 Å². The minimum atomic E-state index is -2.70. The van der Waals surface area contributed by atoms with Crippen LogP contribution in [0.25, 0.3) is 0 Å². The maximum absolute atomic E-state index is 11.3. The van der Waals surface area contributed by atoms with Crippen LogP contribution in [0.2, 0.25) is 0 Å². The van der Waals surface area contributed by atoms with E-state index in [1.165, 1.54) is 20.8 Å². The van der Waals surface area contributed by atoms with Crippen molar-refractivity contribution in [2.75, 3.05) is 0 Å². The van der Waals surface area contributed by atoms with Crippen LogP contribution >= 0.6 is 0 Å². The molecule has 6 atom stereocenters. The van der Waals surface area contributed by atoms with Crippen molar-refractivity contribution >= 4 is 17.8 Å². The van der Waals surface area contributed by atoms with Crippen molar-refractivity contribution in [3.05, 3.63) is 0 Å². The largest absolute Gasteiger partial charge is 0.477 e. The number of hydrogen-bond acceptors (Lipinski definition) is 7. The third-order valence-electron chi connectivity index (χ3n) is 3.53. The summed E-state index contributed by atoms with van der Waals surface area (Å²) in [5, 5.41) is 43.8. The Labute approximate surface area is 132 Å². The zero-order valence-electron chi connectivity index (χ0n) is 13.0. The van der Waals surface area contributed by atoms with E-state index in [-0.39, 0.29) is 0 Å². The van der Waals surface area contributed by atoms with Crippen molar-refractivity contribution in [2.45, 2.75) is 63.4 Å². The van der Waals surface area contributed by atoms with Crippen molar-refractivity contribution in [3.63, 3.8) is 0 Å². The molecule has 1 unspecified atom stereocenters. The Morgan fingerprint density at radius 3 is 2.22 bits per heavy atom. The van der Waals surface area contributed by atoms with Crippen molar-refractivity contribution in [2.24, 2.45) is 0 Å². The fourth-order valence-electron chi connectivity index (χ4n) is 2.54. The normalized spacial score (nSPS) is 33.4. The number of carboxylic acids is 1. The van der Waals surface area contributed by atoms with Gasteiger partial charge in [-0.2, -0.15) is 0 Å². The number of amides is 2. The van der Waals surface area contributed by atoms with Crippen LogP contribution in [-0.4, -0.2) is 74.4 Å². The van der Waals surface area contributed by atoms with E-state index in [1.807, 2.05) is 0 Å². The van der Waals surface area contributed by atoms with E-state index in [0.717, 1.165) is 0 Å². The number of aliphatic carboxylic acids is 1. The Morgan fingerprint density at radius 2 is 1.83 bits per heavy atom. The van der Waals surface area contributed by atoms with Gasteiger partial charge in [-0.3, -0.25) is 9.59 Å². The molecule has 0 aliphatic carbocycles. The zero-order chi connectivity index (χ0) is 17.9. The molecule has 1 aliphatic heterocycles. The van der Waals surface area contributed by atoms with Gasteiger partial charge in [0, 0.05) is 20.3 Å². The predicted octanol–water partition coefficient (Wildman–Crippen LogP) is -2.70. The first-order chi connectivity index (χ1) is 10.5. The molecule has 0 aromatic heterocycles. The smallest absolute Gasteiger partial charge is 0.364 e. The van der Waals surface area contributed by atoms with Gasteiger partial charge in [-0.1, -0.05) is 0 Å². The fourth-order valence-corrected chi connectivity index (χ4v) is 2.54. The molecular weight excluding hydrogens is 312 g/mol. The van der Waals surface area contributed by atoms with Gasteiger partial charge in [-0.25, -0.2) is 4.79 Å². The molecule has 1 heterocycles. The lowest BCUT2D eigenvalue weighted by Crippen LogP contribution is -2.69. The SMILES string of the molecule is CC(=O)N[C@H]1[C@H]([C@H](NC(C)=O)[C@@H](C)O)OC(O)(C(=O)O)C[C@H]1O. The lowest BCUT2D eigenvalue weighted by atomic mass is 9.87. The molecule has 1 rings (SSSR count). The zero-order valence-corrected chi connectivity index (χ0v) is 13.0. The standard InChI is InChI=1S/C13H22N2O8/c1-5(16)9(14-6(2)17)11-10(15-7(3)18)8(19)4-13(22,23-11)12(20)21/h5,8-11,16,19,22H,4H2,1-3H3,(H,14,17)(H,15,18)(H,20,21)/t5-,8-,9-,10-,11+,13?/m1/s1. The molecule has 1 saturated heterocycles. The molecule has 10 heteroatoms. The van der Waals surface area contributed by atoms with Crippen molar-refractivity contribution < 1.29 is 39.5 Å². The number of aliphatic hydroxyl groups is 3. The molecule has 10 nitrogen and oxygen atoms in total. The van der Waals surface area contributed by atoms with E-state index in [1.54, 1.807) is 0 Å². The van der Waals surface area contributed by atoms with E-state index < -0.39 is 60.4 Å². The van der Waals surface area contributed by atoms with Crippen LogP contribution in [0.4, 0.5) is 0 Å². The molecule has 0 aromatic carbocycles.